The Hall–Kier alpha value is -4.59. The summed E-state index contributed by atoms with van der Waals surface area (Å²) in [4.78, 5) is 14.7. The van der Waals surface area contributed by atoms with Crippen molar-refractivity contribution in [2.75, 3.05) is 16.0 Å². The molecule has 0 amide bonds. The Kier molecular flexibility index (Phi) is 9.03. The molecule has 60 heavy (non-hydrogen) atoms. The summed E-state index contributed by atoms with van der Waals surface area (Å²) >= 11 is 0. The van der Waals surface area contributed by atoms with Gasteiger partial charge in [0.05, 0.1) is 0 Å². The highest BCUT2D eigenvalue weighted by atomic mass is 15.3. The molecule has 1 heterocycles. The minimum Gasteiger partial charge on any atom is -0.324 e. The summed E-state index contributed by atoms with van der Waals surface area (Å²) < 4.78 is 0. The van der Waals surface area contributed by atoms with Crippen molar-refractivity contribution in [3.63, 3.8) is 0 Å². The molecule has 0 saturated heterocycles. The van der Waals surface area contributed by atoms with Gasteiger partial charge >= 0.3 is 0 Å². The Morgan fingerprint density at radius 3 is 0.917 bits per heavy atom. The van der Waals surface area contributed by atoms with E-state index in [1.165, 1.54) is 91.2 Å². The van der Waals surface area contributed by atoms with Gasteiger partial charge in [-0.3, -0.25) is 0 Å². The molecule has 3 N–H and O–H groups in total. The SMILES string of the molecule is CC12CCC(CC1=C=C1C=CC(Nc3nc(NC4=CCC(=C=C5CC6CCC5(C)C6(C)C)C=C4)nc(NC4=CCC(=C=C5CC6CCC5(C)C6(C)C)C=C4)n3)=CC1)C2(C)C. The molecule has 0 spiro atoms. The van der Waals surface area contributed by atoms with E-state index in [1.807, 2.05) is 0 Å². The average Bonchev–Trinajstić information content (AvgIpc) is 3.86. The summed E-state index contributed by atoms with van der Waals surface area (Å²) in [6.45, 7) is 22.2. The molecule has 1 aromatic rings. The molecule has 6 bridgehead atoms. The molecule has 0 aromatic carbocycles. The van der Waals surface area contributed by atoms with Crippen LogP contribution in [0, 0.1) is 50.2 Å². The maximum atomic E-state index is 4.89. The first-order chi connectivity index (χ1) is 28.5. The van der Waals surface area contributed by atoms with Crippen LogP contribution in [0.4, 0.5) is 17.8 Å². The van der Waals surface area contributed by atoms with E-state index in [9.17, 15) is 0 Å². The van der Waals surface area contributed by atoms with E-state index >= 15 is 0 Å². The minimum absolute atomic E-state index is 0.255. The van der Waals surface area contributed by atoms with Crippen LogP contribution in [0.3, 0.4) is 0 Å². The summed E-state index contributed by atoms with van der Waals surface area (Å²) in [6.07, 6.45) is 33.6. The van der Waals surface area contributed by atoms with E-state index in [4.69, 9.17) is 15.0 Å². The van der Waals surface area contributed by atoms with Crippen molar-refractivity contribution in [3.8, 4) is 0 Å². The summed E-state index contributed by atoms with van der Waals surface area (Å²) in [6, 6.07) is 0. The second kappa shape index (κ2) is 13.7. The van der Waals surface area contributed by atoms with Crippen molar-refractivity contribution >= 4 is 17.8 Å². The molecule has 6 unspecified atom stereocenters. The second-order valence-corrected chi connectivity index (χ2v) is 22.1. The van der Waals surface area contributed by atoms with Crippen LogP contribution < -0.4 is 16.0 Å². The van der Waals surface area contributed by atoms with Crippen molar-refractivity contribution in [3.05, 3.63) is 122 Å². The van der Waals surface area contributed by atoms with Crippen LogP contribution in [0.15, 0.2) is 122 Å². The molecule has 0 radical (unpaired) electrons. The van der Waals surface area contributed by atoms with Crippen LogP contribution in [0.2, 0.25) is 0 Å². The molecule has 0 aliphatic heterocycles. The molecule has 6 fully saturated rings. The number of hydrogen-bond acceptors (Lipinski definition) is 6. The monoisotopic (exact) mass is 799 g/mol. The Labute approximate surface area is 359 Å². The highest BCUT2D eigenvalue weighted by molar-refractivity contribution is 5.55. The largest absolute Gasteiger partial charge is 0.324 e. The van der Waals surface area contributed by atoms with Crippen LogP contribution in [-0.2, 0) is 0 Å². The van der Waals surface area contributed by atoms with Crippen LogP contribution in [0.1, 0.15) is 139 Å². The molecule has 9 aliphatic carbocycles. The molecule has 6 nitrogen and oxygen atoms in total. The Bertz CT molecular complexity index is 2190. The van der Waals surface area contributed by atoms with Crippen molar-refractivity contribution in [2.45, 2.75) is 139 Å². The number of anilines is 3. The first kappa shape index (κ1) is 39.5. The van der Waals surface area contributed by atoms with Crippen LogP contribution >= 0.6 is 0 Å². The lowest BCUT2D eigenvalue weighted by Gasteiger charge is -2.34. The van der Waals surface area contributed by atoms with Gasteiger partial charge in [-0.15, -0.1) is 17.2 Å². The highest BCUT2D eigenvalue weighted by Gasteiger charge is 2.60. The number of aromatic nitrogens is 3. The first-order valence-electron chi connectivity index (χ1n) is 23.2. The Morgan fingerprint density at radius 2 is 0.717 bits per heavy atom. The third-order valence-corrected chi connectivity index (χ3v) is 19.0. The highest BCUT2D eigenvalue weighted by Crippen LogP contribution is 2.69. The molecular weight excluding hydrogens is 733 g/mol. The van der Waals surface area contributed by atoms with E-state index in [0.717, 1.165) is 54.1 Å². The molecule has 6 saturated carbocycles. The van der Waals surface area contributed by atoms with Gasteiger partial charge in [0.15, 0.2) is 0 Å². The van der Waals surface area contributed by atoms with Crippen molar-refractivity contribution in [1.82, 2.24) is 15.0 Å². The molecular formula is C54H66N6. The fourth-order valence-corrected chi connectivity index (χ4v) is 13.2. The number of allylic oxidation sites excluding steroid dienone is 12. The number of hydrogen-bond donors (Lipinski definition) is 3. The van der Waals surface area contributed by atoms with Gasteiger partial charge in [-0.1, -0.05) is 80.5 Å². The summed E-state index contributed by atoms with van der Waals surface area (Å²) in [5.41, 5.74) is 24.7. The van der Waals surface area contributed by atoms with Crippen LogP contribution in [0.5, 0.6) is 0 Å². The van der Waals surface area contributed by atoms with E-state index < -0.39 is 0 Å². The Morgan fingerprint density at radius 1 is 0.433 bits per heavy atom. The van der Waals surface area contributed by atoms with E-state index in [-0.39, 0.29) is 16.2 Å². The van der Waals surface area contributed by atoms with Crippen LogP contribution in [-0.4, -0.2) is 15.0 Å². The lowest BCUT2D eigenvalue weighted by atomic mass is 9.69. The van der Waals surface area contributed by atoms with E-state index in [2.05, 4.69) is 150 Å². The fourth-order valence-electron chi connectivity index (χ4n) is 13.2. The smallest absolute Gasteiger partial charge is 0.233 e. The zero-order chi connectivity index (χ0) is 41.9. The maximum absolute atomic E-state index is 4.89. The topological polar surface area (TPSA) is 74.8 Å². The van der Waals surface area contributed by atoms with Gasteiger partial charge in [-0.2, -0.15) is 15.0 Å². The lowest BCUT2D eigenvalue weighted by molar-refractivity contribution is 0.179. The zero-order valence-corrected chi connectivity index (χ0v) is 37.8. The van der Waals surface area contributed by atoms with Crippen molar-refractivity contribution in [2.24, 2.45) is 50.2 Å². The van der Waals surface area contributed by atoms with E-state index in [0.29, 0.717) is 34.1 Å². The predicted octanol–water partition coefficient (Wildman–Crippen LogP) is 13.5. The third-order valence-electron chi connectivity index (χ3n) is 19.0. The molecule has 9 aliphatic rings. The Balaban J connectivity index is 0.882. The van der Waals surface area contributed by atoms with Gasteiger partial charge in [0.1, 0.15) is 0 Å². The van der Waals surface area contributed by atoms with Gasteiger partial charge in [0.2, 0.25) is 17.8 Å². The van der Waals surface area contributed by atoms with Gasteiger partial charge in [-0.05, 0) is 181 Å². The van der Waals surface area contributed by atoms with Gasteiger partial charge in [0, 0.05) is 33.3 Å². The molecule has 1 aromatic heterocycles. The minimum atomic E-state index is 0.255. The zero-order valence-electron chi connectivity index (χ0n) is 37.8. The summed E-state index contributed by atoms with van der Waals surface area (Å²) in [5.74, 6) is 3.81. The number of rotatable bonds is 6. The number of fused-ring (bicyclic) bond motifs is 6. The van der Waals surface area contributed by atoms with Gasteiger partial charge < -0.3 is 16.0 Å². The molecule has 312 valence electrons. The maximum Gasteiger partial charge on any atom is 0.233 e. The predicted molar refractivity (Wildman–Crippen MR) is 246 cm³/mol. The first-order valence-corrected chi connectivity index (χ1v) is 23.2. The number of nitrogens with zero attached hydrogens (tertiary/aromatic N) is 3. The lowest BCUT2D eigenvalue weighted by Crippen LogP contribution is -2.27. The van der Waals surface area contributed by atoms with Gasteiger partial charge in [-0.25, -0.2) is 0 Å². The second-order valence-electron chi connectivity index (χ2n) is 22.1. The van der Waals surface area contributed by atoms with E-state index in [1.54, 1.807) is 0 Å². The molecule has 6 atom stereocenters. The normalized spacial score (nSPS) is 34.8. The average molecular weight is 799 g/mol. The fraction of sp³-hybridized carbons (Fsp3) is 0.556. The molecule has 6 heteroatoms. The summed E-state index contributed by atoms with van der Waals surface area (Å²) in [7, 11) is 0. The standard InChI is InChI=1S/C54H66N6/c1-49(2)37-22-25-52(49,7)40(31-37)28-34-10-16-43(17-11-34)55-46-58-47(56-44-18-12-35(13-19-44)29-41-32-38-23-26-53(41,8)50(38,3)4)60-48(59-46)57-45-20-14-36(15-21-45)30-42-33-39-24-27-54(42,9)51(39,5)6/h10,12,14,16-21,37-39H,11,13,15,22-27,31-33H2,1-9H3,(H3,55,56,57,58,59,60). The van der Waals surface area contributed by atoms with Crippen molar-refractivity contribution in [1.29, 1.82) is 0 Å². The number of nitrogens with one attached hydrogen (secondary N) is 3. The summed E-state index contributed by atoms with van der Waals surface area (Å²) in [5, 5.41) is 10.5. The van der Waals surface area contributed by atoms with Crippen molar-refractivity contribution < 1.29 is 0 Å². The third kappa shape index (κ3) is 6.15. The van der Waals surface area contributed by atoms with Gasteiger partial charge in [0.25, 0.3) is 0 Å². The molecule has 10 rings (SSSR count). The quantitative estimate of drug-likeness (QED) is 0.249. The van der Waals surface area contributed by atoms with Crippen LogP contribution in [0.25, 0.3) is 0 Å².